The lowest BCUT2D eigenvalue weighted by atomic mass is 9.88. The van der Waals surface area contributed by atoms with Crippen molar-refractivity contribution in [2.75, 3.05) is 0 Å². The van der Waals surface area contributed by atoms with Gasteiger partial charge in [-0.05, 0) is 45.8 Å². The van der Waals surface area contributed by atoms with Crippen LogP contribution in [0.5, 0.6) is 0 Å². The zero-order valence-electron chi connectivity index (χ0n) is 19.0. The van der Waals surface area contributed by atoms with Gasteiger partial charge in [0.05, 0.1) is 22.8 Å². The normalized spacial score (nSPS) is 11.3. The maximum Gasteiger partial charge on any atom is 0.181 e. The minimum absolute atomic E-state index is 0.705. The first-order valence-corrected chi connectivity index (χ1v) is 11.5. The van der Waals surface area contributed by atoms with Crippen molar-refractivity contribution in [3.05, 3.63) is 110 Å². The van der Waals surface area contributed by atoms with Crippen LogP contribution in [-0.4, -0.2) is 19.9 Å². The fraction of sp³-hybridized carbons (Fsp3) is 0. The molecule has 0 unspecified atom stereocenters. The highest BCUT2D eigenvalue weighted by atomic mass is 16.3. The quantitative estimate of drug-likeness (QED) is 0.251. The third kappa shape index (κ3) is 3.27. The van der Waals surface area contributed by atoms with Crippen molar-refractivity contribution in [1.29, 1.82) is 0 Å². The van der Waals surface area contributed by atoms with Crippen LogP contribution in [0, 0.1) is 0 Å². The van der Waals surface area contributed by atoms with Crippen molar-refractivity contribution in [3.8, 4) is 45.3 Å². The van der Waals surface area contributed by atoms with Crippen LogP contribution in [0.1, 0.15) is 0 Å². The number of hydrogen-bond donors (Lipinski definition) is 0. The highest BCUT2D eigenvalue weighted by molar-refractivity contribution is 6.20. The summed E-state index contributed by atoms with van der Waals surface area (Å²) in [6, 6.07) is 28.8. The van der Waals surface area contributed by atoms with Crippen LogP contribution in [-0.2, 0) is 0 Å². The molecule has 170 valence electrons. The maximum atomic E-state index is 5.19. The van der Waals surface area contributed by atoms with Crippen molar-refractivity contribution < 1.29 is 8.83 Å². The Labute approximate surface area is 205 Å². The van der Waals surface area contributed by atoms with Crippen LogP contribution in [0.25, 0.3) is 66.8 Å². The molecule has 7 aromatic rings. The van der Waals surface area contributed by atoms with Crippen molar-refractivity contribution in [1.82, 2.24) is 19.9 Å². The van der Waals surface area contributed by atoms with Crippen molar-refractivity contribution >= 4 is 21.5 Å². The second-order valence-electron chi connectivity index (χ2n) is 8.40. The Morgan fingerprint density at radius 2 is 0.778 bits per heavy atom. The number of hydrogen-bond acceptors (Lipinski definition) is 6. The Bertz CT molecular complexity index is 1650. The predicted octanol–water partition coefficient (Wildman–Crippen LogP) is 7.43. The lowest BCUT2D eigenvalue weighted by Crippen LogP contribution is -1.95. The molecule has 3 aromatic carbocycles. The second kappa shape index (κ2) is 8.29. The fourth-order valence-corrected chi connectivity index (χ4v) is 4.79. The number of nitrogens with zero attached hydrogens (tertiary/aromatic N) is 4. The molecule has 0 bridgehead atoms. The van der Waals surface area contributed by atoms with Gasteiger partial charge in [0, 0.05) is 11.1 Å². The Morgan fingerprint density at radius 1 is 0.389 bits per heavy atom. The van der Waals surface area contributed by atoms with Crippen LogP contribution in [0.3, 0.4) is 0 Å². The molecular formula is C30H18N4O2. The summed E-state index contributed by atoms with van der Waals surface area (Å²) in [4.78, 5) is 18.5. The molecule has 0 aliphatic heterocycles. The first-order chi connectivity index (χ1) is 17.9. The van der Waals surface area contributed by atoms with Crippen LogP contribution in [0.4, 0.5) is 0 Å². The van der Waals surface area contributed by atoms with Gasteiger partial charge in [0.25, 0.3) is 0 Å². The van der Waals surface area contributed by atoms with Gasteiger partial charge in [-0.2, -0.15) is 0 Å². The standard InChI is InChI=1S/C30H18N4O2/c1-2-8-20-19(7-1)29(25-13-5-11-23(33-25)27-15-35-17-31-27)21-9-3-4-10-22(21)30(20)26-14-6-12-24(34-26)28-16-36-18-32-28/h1-18H. The molecule has 0 aliphatic carbocycles. The molecule has 0 amide bonds. The summed E-state index contributed by atoms with van der Waals surface area (Å²) in [6.45, 7) is 0. The smallest absolute Gasteiger partial charge is 0.181 e. The van der Waals surface area contributed by atoms with Crippen molar-refractivity contribution in [2.45, 2.75) is 0 Å². The van der Waals surface area contributed by atoms with Crippen LogP contribution < -0.4 is 0 Å². The van der Waals surface area contributed by atoms with Gasteiger partial charge < -0.3 is 8.83 Å². The molecule has 0 N–H and O–H groups in total. The second-order valence-corrected chi connectivity index (χ2v) is 8.40. The number of pyridine rings is 2. The van der Waals surface area contributed by atoms with E-state index in [1.54, 1.807) is 12.5 Å². The average molecular weight is 467 g/mol. The summed E-state index contributed by atoms with van der Waals surface area (Å²) < 4.78 is 10.4. The van der Waals surface area contributed by atoms with E-state index in [-0.39, 0.29) is 0 Å². The van der Waals surface area contributed by atoms with Gasteiger partial charge in [0.1, 0.15) is 23.9 Å². The van der Waals surface area contributed by atoms with E-state index in [2.05, 4.69) is 58.5 Å². The number of aromatic nitrogens is 4. The minimum atomic E-state index is 0.705. The average Bonchev–Trinajstić information content (AvgIpc) is 3.67. The Balaban J connectivity index is 1.54. The van der Waals surface area contributed by atoms with Gasteiger partial charge in [0.2, 0.25) is 0 Å². The molecule has 0 spiro atoms. The van der Waals surface area contributed by atoms with E-state index in [0.717, 1.165) is 55.4 Å². The van der Waals surface area contributed by atoms with Gasteiger partial charge in [-0.25, -0.2) is 19.9 Å². The van der Waals surface area contributed by atoms with E-state index < -0.39 is 0 Å². The van der Waals surface area contributed by atoms with E-state index >= 15 is 0 Å². The Kier molecular flexibility index (Phi) is 4.67. The lowest BCUT2D eigenvalue weighted by Gasteiger charge is -2.17. The third-order valence-electron chi connectivity index (χ3n) is 6.33. The molecule has 0 aliphatic rings. The van der Waals surface area contributed by atoms with Gasteiger partial charge >= 0.3 is 0 Å². The highest BCUT2D eigenvalue weighted by Crippen LogP contribution is 2.43. The fourth-order valence-electron chi connectivity index (χ4n) is 4.79. The summed E-state index contributed by atoms with van der Waals surface area (Å²) in [7, 11) is 0. The summed E-state index contributed by atoms with van der Waals surface area (Å²) >= 11 is 0. The summed E-state index contributed by atoms with van der Waals surface area (Å²) in [6.07, 6.45) is 6.06. The maximum absolute atomic E-state index is 5.19. The molecule has 4 heterocycles. The van der Waals surface area contributed by atoms with Gasteiger partial charge in [-0.3, -0.25) is 0 Å². The monoisotopic (exact) mass is 466 g/mol. The van der Waals surface area contributed by atoms with E-state index in [4.69, 9.17) is 18.8 Å². The molecule has 7 rings (SSSR count). The SMILES string of the molecule is c1cc(-c2cocn2)nc(-c2c3ccccc3c(-c3cccc(-c4cocn4)n3)c3ccccc23)c1. The molecule has 36 heavy (non-hydrogen) atoms. The number of benzene rings is 3. The Hall–Kier alpha value is -5.10. The molecule has 4 aromatic heterocycles. The zero-order valence-corrected chi connectivity index (χ0v) is 19.0. The van der Waals surface area contributed by atoms with Gasteiger partial charge in [-0.15, -0.1) is 0 Å². The molecule has 0 saturated heterocycles. The third-order valence-corrected chi connectivity index (χ3v) is 6.33. The van der Waals surface area contributed by atoms with Gasteiger partial charge in [-0.1, -0.05) is 60.7 Å². The molecular weight excluding hydrogens is 448 g/mol. The molecule has 0 atom stereocenters. The number of oxazole rings is 2. The zero-order chi connectivity index (χ0) is 23.9. The highest BCUT2D eigenvalue weighted by Gasteiger charge is 2.19. The first-order valence-electron chi connectivity index (χ1n) is 11.5. The van der Waals surface area contributed by atoms with Crippen molar-refractivity contribution in [2.24, 2.45) is 0 Å². The van der Waals surface area contributed by atoms with Gasteiger partial charge in [0.15, 0.2) is 12.8 Å². The number of fused-ring (bicyclic) bond motifs is 2. The van der Waals surface area contributed by atoms with Crippen LogP contribution in [0.15, 0.2) is 119 Å². The van der Waals surface area contributed by atoms with Crippen molar-refractivity contribution in [3.63, 3.8) is 0 Å². The Morgan fingerprint density at radius 3 is 1.14 bits per heavy atom. The molecule has 6 heteroatoms. The largest absolute Gasteiger partial charge is 0.451 e. The lowest BCUT2D eigenvalue weighted by molar-refractivity contribution is 0.558. The van der Waals surface area contributed by atoms with E-state index in [0.29, 0.717) is 11.4 Å². The molecule has 0 saturated carbocycles. The van der Waals surface area contributed by atoms with E-state index in [1.165, 1.54) is 12.8 Å². The molecule has 0 fully saturated rings. The topological polar surface area (TPSA) is 77.8 Å². The van der Waals surface area contributed by atoms with E-state index in [1.807, 2.05) is 36.4 Å². The number of rotatable bonds is 4. The molecule has 0 radical (unpaired) electrons. The summed E-state index contributed by atoms with van der Waals surface area (Å²) in [5, 5.41) is 4.41. The minimum Gasteiger partial charge on any atom is -0.451 e. The van der Waals surface area contributed by atoms with E-state index in [9.17, 15) is 0 Å². The molecule has 6 nitrogen and oxygen atoms in total. The summed E-state index contributed by atoms with van der Waals surface area (Å²) in [5.41, 5.74) is 6.83. The predicted molar refractivity (Wildman–Crippen MR) is 139 cm³/mol. The summed E-state index contributed by atoms with van der Waals surface area (Å²) in [5.74, 6) is 0. The van der Waals surface area contributed by atoms with Crippen LogP contribution in [0.2, 0.25) is 0 Å². The van der Waals surface area contributed by atoms with Crippen LogP contribution >= 0.6 is 0 Å². The first kappa shape index (κ1) is 20.3.